The van der Waals surface area contributed by atoms with E-state index in [1.807, 2.05) is 0 Å². The van der Waals surface area contributed by atoms with Crippen LogP contribution in [0.5, 0.6) is 0 Å². The van der Waals surface area contributed by atoms with E-state index in [4.69, 9.17) is 0 Å². The molecule has 0 unspecified atom stereocenters. The second-order valence-electron chi connectivity index (χ2n) is 3.53. The minimum absolute atomic E-state index is 0. The maximum Gasteiger partial charge on any atom is 0.295 e. The molecule has 0 fully saturated rings. The zero-order valence-electron chi connectivity index (χ0n) is 9.36. The fraction of sp³-hybridized carbons (Fsp3) is 0. The van der Waals surface area contributed by atoms with Gasteiger partial charge in [-0.2, -0.15) is 8.42 Å². The molecule has 8 heteroatoms. The number of hydrogen-bond acceptors (Lipinski definition) is 5. The van der Waals surface area contributed by atoms with Crippen molar-refractivity contribution < 1.29 is 17.6 Å². The monoisotopic (exact) mass is 273 g/mol. The summed E-state index contributed by atoms with van der Waals surface area (Å²) in [6, 6.07) is 7.94. The van der Waals surface area contributed by atoms with Crippen LogP contribution in [0.15, 0.2) is 39.9 Å². The number of fused-ring (bicyclic) bond motifs is 3. The van der Waals surface area contributed by atoms with Crippen molar-refractivity contribution in [3.05, 3.63) is 30.3 Å². The zero-order valence-corrected chi connectivity index (χ0v) is 12.2. The summed E-state index contributed by atoms with van der Waals surface area (Å²) < 4.78 is 36.3. The molecule has 3 rings (SSSR count). The fourth-order valence-electron chi connectivity index (χ4n) is 1.80. The van der Waals surface area contributed by atoms with Crippen molar-refractivity contribution in [2.75, 3.05) is 0 Å². The summed E-state index contributed by atoms with van der Waals surface area (Å²) in [4.78, 5) is -0.198. The molecule has 1 N–H and O–H groups in total. The normalized spacial score (nSPS) is 11.6. The second kappa shape index (κ2) is 4.60. The molecule has 0 aliphatic heterocycles. The van der Waals surface area contributed by atoms with Gasteiger partial charge in [0.15, 0.2) is 0 Å². The van der Waals surface area contributed by atoms with E-state index in [-0.39, 0.29) is 40.0 Å². The molecule has 0 spiro atoms. The van der Waals surface area contributed by atoms with Crippen LogP contribution in [0.2, 0.25) is 0 Å². The minimum atomic E-state index is -4.31. The van der Waals surface area contributed by atoms with Gasteiger partial charge in [-0.25, -0.2) is 4.63 Å². The molecule has 0 atom stereocenters. The van der Waals surface area contributed by atoms with E-state index in [0.29, 0.717) is 16.3 Å². The fourth-order valence-corrected chi connectivity index (χ4v) is 2.51. The summed E-state index contributed by atoms with van der Waals surface area (Å²) in [6.45, 7) is 0. The molecule has 0 aliphatic rings. The van der Waals surface area contributed by atoms with Crippen molar-refractivity contribution in [3.63, 3.8) is 0 Å². The molecule has 3 aromatic rings. The number of hydrogen-bond donors (Lipinski definition) is 1. The van der Waals surface area contributed by atoms with Crippen molar-refractivity contribution >= 4 is 61.5 Å². The first-order valence-electron chi connectivity index (χ1n) is 4.69. The molecule has 0 amide bonds. The summed E-state index contributed by atoms with van der Waals surface area (Å²) >= 11 is 0. The van der Waals surface area contributed by atoms with Crippen LogP contribution in [0.1, 0.15) is 0 Å². The molecule has 0 saturated carbocycles. The molecule has 1 heterocycles. The quantitative estimate of drug-likeness (QED) is 0.529. The van der Waals surface area contributed by atoms with E-state index in [1.165, 1.54) is 6.07 Å². The van der Waals surface area contributed by atoms with E-state index in [9.17, 15) is 13.0 Å². The van der Waals surface area contributed by atoms with Crippen LogP contribution in [0.25, 0.3) is 21.8 Å². The van der Waals surface area contributed by atoms with Gasteiger partial charge in [0.05, 0.1) is 0 Å². The Morgan fingerprint density at radius 3 is 2.44 bits per heavy atom. The minimum Gasteiger partial charge on any atom is -0.282 e. The van der Waals surface area contributed by atoms with Gasteiger partial charge in [-0.05, 0) is 16.4 Å². The molecule has 0 saturated heterocycles. The van der Waals surface area contributed by atoms with E-state index in [0.717, 1.165) is 0 Å². The predicted octanol–water partition coefficient (Wildman–Crippen LogP) is 1.24. The summed E-state index contributed by atoms with van der Waals surface area (Å²) in [6.07, 6.45) is 0. The van der Waals surface area contributed by atoms with Crippen LogP contribution >= 0.6 is 0 Å². The maximum atomic E-state index is 11.3. The molecule has 2 aromatic carbocycles. The molecular weight excluding hydrogens is 267 g/mol. The van der Waals surface area contributed by atoms with Crippen LogP contribution < -0.4 is 0 Å². The Balaban J connectivity index is 0.00000120. The van der Waals surface area contributed by atoms with Crippen molar-refractivity contribution in [2.24, 2.45) is 0 Å². The van der Waals surface area contributed by atoms with Crippen molar-refractivity contribution in [1.29, 1.82) is 0 Å². The Hall–Kier alpha value is -0.990. The van der Waals surface area contributed by atoms with Crippen molar-refractivity contribution in [2.45, 2.75) is 4.90 Å². The molecule has 0 aliphatic carbocycles. The van der Waals surface area contributed by atoms with Gasteiger partial charge in [-0.1, -0.05) is 24.3 Å². The smallest absolute Gasteiger partial charge is 0.282 e. The Kier molecular flexibility index (Phi) is 3.43. The first-order chi connectivity index (χ1) is 8.07. The summed E-state index contributed by atoms with van der Waals surface area (Å²) in [5.74, 6) is 0. The van der Waals surface area contributed by atoms with E-state index >= 15 is 0 Å². The van der Waals surface area contributed by atoms with Gasteiger partial charge in [0, 0.05) is 40.3 Å². The summed E-state index contributed by atoms with van der Waals surface area (Å²) in [7, 11) is -4.31. The molecule has 1 aromatic heterocycles. The van der Waals surface area contributed by atoms with E-state index < -0.39 is 10.1 Å². The Morgan fingerprint density at radius 2 is 1.78 bits per heavy atom. The number of rotatable bonds is 1. The summed E-state index contributed by atoms with van der Waals surface area (Å²) in [5, 5.41) is 8.24. The Bertz CT molecular complexity index is 828. The standard InChI is InChI=1S/C10H6N2O4S.Na/c13-17(14,15)9-5-8-10(12-16-11-8)7-4-2-1-3-6(7)9;/h1-5H,(H,13,14,15);. The number of benzene rings is 2. The third-order valence-corrected chi connectivity index (χ3v) is 3.40. The number of aromatic nitrogens is 2. The van der Waals surface area contributed by atoms with Gasteiger partial charge in [-0.3, -0.25) is 4.55 Å². The van der Waals surface area contributed by atoms with Crippen molar-refractivity contribution in [3.8, 4) is 0 Å². The first-order valence-corrected chi connectivity index (χ1v) is 6.13. The van der Waals surface area contributed by atoms with Gasteiger partial charge >= 0.3 is 0 Å². The average Bonchev–Trinajstić information content (AvgIpc) is 2.74. The van der Waals surface area contributed by atoms with Gasteiger partial charge in [0.25, 0.3) is 10.1 Å². The second-order valence-corrected chi connectivity index (χ2v) is 4.92. The Labute approximate surface area is 124 Å². The van der Waals surface area contributed by atoms with Crippen LogP contribution in [0, 0.1) is 0 Å². The molecule has 18 heavy (non-hydrogen) atoms. The van der Waals surface area contributed by atoms with Crippen LogP contribution in [0.3, 0.4) is 0 Å². The maximum absolute atomic E-state index is 11.3. The number of nitrogens with zero attached hydrogens (tertiary/aromatic N) is 2. The third kappa shape index (κ3) is 2.04. The van der Waals surface area contributed by atoms with Crippen LogP contribution in [-0.4, -0.2) is 52.8 Å². The van der Waals surface area contributed by atoms with Gasteiger partial charge in [-0.15, -0.1) is 0 Å². The van der Waals surface area contributed by atoms with Crippen LogP contribution in [0.4, 0.5) is 0 Å². The van der Waals surface area contributed by atoms with E-state index in [1.54, 1.807) is 24.3 Å². The molecular formula is C10H6N2NaO4S. The van der Waals surface area contributed by atoms with Gasteiger partial charge < -0.3 is 0 Å². The predicted molar refractivity (Wildman–Crippen MR) is 64.9 cm³/mol. The van der Waals surface area contributed by atoms with Gasteiger partial charge in [0.2, 0.25) is 0 Å². The topological polar surface area (TPSA) is 93.3 Å². The first kappa shape index (κ1) is 13.4. The SMILES string of the molecule is O=S(=O)(O)c1cc2nonc2c2ccccc12.[Na]. The van der Waals surface area contributed by atoms with Gasteiger partial charge in [0.1, 0.15) is 15.9 Å². The zero-order chi connectivity index (χ0) is 12.0. The largest absolute Gasteiger partial charge is 0.295 e. The third-order valence-electron chi connectivity index (χ3n) is 2.51. The summed E-state index contributed by atoms with van der Waals surface area (Å²) in [5.41, 5.74) is 0.754. The average molecular weight is 273 g/mol. The van der Waals surface area contributed by atoms with Crippen LogP contribution in [-0.2, 0) is 10.1 Å². The molecule has 6 nitrogen and oxygen atoms in total. The van der Waals surface area contributed by atoms with Crippen molar-refractivity contribution in [1.82, 2.24) is 10.3 Å². The molecule has 1 radical (unpaired) electrons. The Morgan fingerprint density at radius 1 is 1.11 bits per heavy atom. The molecule has 0 bridgehead atoms. The molecule has 87 valence electrons. The van der Waals surface area contributed by atoms with E-state index in [2.05, 4.69) is 14.9 Å².